The first kappa shape index (κ1) is 13.9. The molecule has 1 aliphatic rings. The zero-order valence-corrected chi connectivity index (χ0v) is 12.2. The van der Waals surface area contributed by atoms with Crippen molar-refractivity contribution in [3.63, 3.8) is 0 Å². The molecule has 0 bridgehead atoms. The minimum absolute atomic E-state index is 0.178. The number of fused-ring (bicyclic) bond motifs is 1. The Kier molecular flexibility index (Phi) is 3.33. The van der Waals surface area contributed by atoms with Crippen LogP contribution in [0.3, 0.4) is 0 Å². The lowest BCUT2D eigenvalue weighted by Crippen LogP contribution is -2.34. The number of anilines is 1. The highest BCUT2D eigenvalue weighted by Gasteiger charge is 2.37. The summed E-state index contributed by atoms with van der Waals surface area (Å²) in [6.45, 7) is 2.35. The van der Waals surface area contributed by atoms with Gasteiger partial charge in [-0.2, -0.15) is 4.98 Å². The molecule has 0 aliphatic carbocycles. The predicted molar refractivity (Wildman–Crippen MR) is 78.2 cm³/mol. The smallest absolute Gasteiger partial charge is 0.307 e. The van der Waals surface area contributed by atoms with E-state index >= 15 is 0 Å². The van der Waals surface area contributed by atoms with Crippen molar-refractivity contribution >= 4 is 23.5 Å². The monoisotopic (exact) mass is 306 g/mol. The van der Waals surface area contributed by atoms with Gasteiger partial charge in [-0.25, -0.2) is 4.68 Å². The van der Waals surface area contributed by atoms with E-state index in [2.05, 4.69) is 10.1 Å². The Labute approximate surface area is 126 Å². The van der Waals surface area contributed by atoms with Gasteiger partial charge in [-0.05, 0) is 24.1 Å². The topological polar surface area (TPSA) is 94.0 Å². The first-order valence-corrected chi connectivity index (χ1v) is 7.02. The quantitative estimate of drug-likeness (QED) is 0.883. The van der Waals surface area contributed by atoms with Crippen LogP contribution in [0, 0.1) is 12.8 Å². The summed E-state index contributed by atoms with van der Waals surface area (Å²) in [5, 5.41) is 14.3. The fourth-order valence-electron chi connectivity index (χ4n) is 2.94. The predicted octanol–water partition coefficient (Wildman–Crippen LogP) is 1.86. The zero-order chi connectivity index (χ0) is 15.1. The molecule has 0 saturated heterocycles. The molecule has 0 saturated carbocycles. The molecule has 21 heavy (non-hydrogen) atoms. The first-order valence-electron chi connectivity index (χ1n) is 6.64. The number of nitrogens with two attached hydrogens (primary N) is 1. The molecule has 7 heteroatoms. The van der Waals surface area contributed by atoms with Crippen LogP contribution < -0.4 is 5.73 Å². The summed E-state index contributed by atoms with van der Waals surface area (Å²) in [5.74, 6) is -0.798. The Morgan fingerprint density at radius 3 is 3.00 bits per heavy atom. The van der Waals surface area contributed by atoms with Gasteiger partial charge in [0.15, 0.2) is 0 Å². The average Bonchev–Trinajstić information content (AvgIpc) is 2.79. The summed E-state index contributed by atoms with van der Waals surface area (Å²) in [5.41, 5.74) is 7.46. The molecule has 0 radical (unpaired) electrons. The molecule has 3 N–H and O–H groups in total. The number of hydrogen-bond donors (Lipinski definition) is 2. The number of benzene rings is 1. The Hall–Kier alpha value is -2.08. The molecule has 2 heterocycles. The summed E-state index contributed by atoms with van der Waals surface area (Å²) in [7, 11) is 0. The van der Waals surface area contributed by atoms with Crippen LogP contribution >= 0.6 is 11.6 Å². The Morgan fingerprint density at radius 1 is 1.52 bits per heavy atom. The van der Waals surface area contributed by atoms with Gasteiger partial charge in [-0.1, -0.05) is 23.7 Å². The van der Waals surface area contributed by atoms with Gasteiger partial charge in [0, 0.05) is 17.4 Å². The van der Waals surface area contributed by atoms with Crippen molar-refractivity contribution in [3.05, 3.63) is 40.2 Å². The van der Waals surface area contributed by atoms with Crippen LogP contribution in [0.4, 0.5) is 5.95 Å². The maximum atomic E-state index is 11.6. The second kappa shape index (κ2) is 5.04. The van der Waals surface area contributed by atoms with E-state index in [1.165, 1.54) is 0 Å². The number of carbonyl (C=O) groups is 1. The van der Waals surface area contributed by atoms with Crippen molar-refractivity contribution in [1.82, 2.24) is 14.8 Å². The molecule has 1 aliphatic heterocycles. The normalized spacial score (nSPS) is 21.0. The summed E-state index contributed by atoms with van der Waals surface area (Å²) in [6.07, 6.45) is 0.316. The molecular weight excluding hydrogens is 292 g/mol. The van der Waals surface area contributed by atoms with Gasteiger partial charge in [0.05, 0.1) is 12.5 Å². The molecule has 2 aromatic rings. The molecule has 2 unspecified atom stereocenters. The largest absolute Gasteiger partial charge is 0.481 e. The average molecular weight is 307 g/mol. The fourth-order valence-corrected chi connectivity index (χ4v) is 3.13. The van der Waals surface area contributed by atoms with Crippen LogP contribution in [0.5, 0.6) is 0 Å². The zero-order valence-electron chi connectivity index (χ0n) is 11.5. The second-order valence-electron chi connectivity index (χ2n) is 5.28. The number of aliphatic carboxylic acids is 1. The van der Waals surface area contributed by atoms with Crippen LogP contribution in [-0.4, -0.2) is 25.8 Å². The number of carboxylic acid groups (broad SMARTS) is 1. The van der Waals surface area contributed by atoms with Crippen molar-refractivity contribution < 1.29 is 9.90 Å². The lowest BCUT2D eigenvalue weighted by atomic mass is 9.80. The second-order valence-corrected chi connectivity index (χ2v) is 5.68. The van der Waals surface area contributed by atoms with Gasteiger partial charge in [-0.15, -0.1) is 5.10 Å². The highest BCUT2D eigenvalue weighted by Crippen LogP contribution is 2.36. The molecule has 6 nitrogen and oxygen atoms in total. The Morgan fingerprint density at radius 2 is 2.29 bits per heavy atom. The van der Waals surface area contributed by atoms with Crippen molar-refractivity contribution in [1.29, 1.82) is 0 Å². The summed E-state index contributed by atoms with van der Waals surface area (Å²) in [6, 6.07) is 5.57. The first-order chi connectivity index (χ1) is 9.97. The third-order valence-electron chi connectivity index (χ3n) is 4.05. The van der Waals surface area contributed by atoms with E-state index in [4.69, 9.17) is 17.3 Å². The van der Waals surface area contributed by atoms with Crippen LogP contribution in [0.25, 0.3) is 0 Å². The third-order valence-corrected chi connectivity index (χ3v) is 4.46. The summed E-state index contributed by atoms with van der Waals surface area (Å²) in [4.78, 5) is 15.7. The van der Waals surface area contributed by atoms with Crippen LogP contribution in [-0.2, 0) is 17.8 Å². The van der Waals surface area contributed by atoms with E-state index in [0.29, 0.717) is 23.8 Å². The summed E-state index contributed by atoms with van der Waals surface area (Å²) >= 11 is 6.16. The molecule has 2 atom stereocenters. The van der Waals surface area contributed by atoms with Gasteiger partial charge >= 0.3 is 5.97 Å². The van der Waals surface area contributed by atoms with E-state index in [1.54, 1.807) is 10.7 Å². The Balaban J connectivity index is 2.07. The van der Waals surface area contributed by atoms with Crippen LogP contribution in [0.2, 0.25) is 5.02 Å². The van der Waals surface area contributed by atoms with Gasteiger partial charge in [0.2, 0.25) is 5.95 Å². The molecule has 0 amide bonds. The van der Waals surface area contributed by atoms with Gasteiger partial charge < -0.3 is 10.8 Å². The third kappa shape index (κ3) is 2.35. The van der Waals surface area contributed by atoms with Crippen molar-refractivity contribution in [2.75, 3.05) is 5.73 Å². The lowest BCUT2D eigenvalue weighted by Gasteiger charge is -2.30. The Bertz CT molecular complexity index is 713. The number of halogens is 1. The maximum Gasteiger partial charge on any atom is 0.307 e. The SMILES string of the molecule is Cc1c(Cl)cccc1C1Cn2nc(N)nc2CC1C(=O)O. The molecule has 1 aromatic carbocycles. The highest BCUT2D eigenvalue weighted by atomic mass is 35.5. The molecule has 110 valence electrons. The van der Waals surface area contributed by atoms with E-state index in [1.807, 2.05) is 19.1 Å². The van der Waals surface area contributed by atoms with Crippen LogP contribution in [0.15, 0.2) is 18.2 Å². The van der Waals surface area contributed by atoms with Crippen molar-refractivity contribution in [2.24, 2.45) is 5.92 Å². The number of carboxylic acids is 1. The lowest BCUT2D eigenvalue weighted by molar-refractivity contribution is -0.143. The van der Waals surface area contributed by atoms with E-state index < -0.39 is 11.9 Å². The van der Waals surface area contributed by atoms with Crippen molar-refractivity contribution in [3.8, 4) is 0 Å². The number of hydrogen-bond acceptors (Lipinski definition) is 4. The molecule has 0 fully saturated rings. The maximum absolute atomic E-state index is 11.6. The number of nitrogen functional groups attached to an aromatic ring is 1. The van der Waals surface area contributed by atoms with E-state index in [0.717, 1.165) is 11.1 Å². The van der Waals surface area contributed by atoms with Gasteiger partial charge in [0.25, 0.3) is 0 Å². The highest BCUT2D eigenvalue weighted by molar-refractivity contribution is 6.31. The fraction of sp³-hybridized carbons (Fsp3) is 0.357. The summed E-state index contributed by atoms with van der Waals surface area (Å²) < 4.78 is 1.69. The van der Waals surface area contributed by atoms with Gasteiger partial charge in [0.1, 0.15) is 5.82 Å². The molecular formula is C14H15ClN4O2. The number of nitrogens with zero attached hydrogens (tertiary/aromatic N) is 3. The van der Waals surface area contributed by atoms with E-state index in [-0.39, 0.29) is 11.9 Å². The van der Waals surface area contributed by atoms with Crippen LogP contribution in [0.1, 0.15) is 22.9 Å². The standard InChI is InChI=1S/C14H15ClN4O2/c1-7-8(3-2-4-11(7)15)10-6-19-12(17-14(16)18-19)5-9(10)13(20)21/h2-4,9-10H,5-6H2,1H3,(H2,16,18)(H,20,21). The van der Waals surface area contributed by atoms with E-state index in [9.17, 15) is 9.90 Å². The van der Waals surface area contributed by atoms with Gasteiger partial charge in [-0.3, -0.25) is 4.79 Å². The number of rotatable bonds is 2. The van der Waals surface area contributed by atoms with Crippen molar-refractivity contribution in [2.45, 2.75) is 25.8 Å². The number of aromatic nitrogens is 3. The molecule has 1 aromatic heterocycles. The molecule has 3 rings (SSSR count). The minimum Gasteiger partial charge on any atom is -0.481 e. The minimum atomic E-state index is -0.841. The molecule has 0 spiro atoms.